The molecule has 1 heteroatoms. The fraction of sp³-hybridized carbons (Fsp3) is 0.356. The third kappa shape index (κ3) is 5.99. The third-order valence-electron chi connectivity index (χ3n) is 10.4. The number of hydrogen-bond donors (Lipinski definition) is 0. The molecule has 0 nitrogen and oxygen atoms in total. The molecule has 0 aromatic heterocycles. The van der Waals surface area contributed by atoms with Crippen LogP contribution in [0.5, 0.6) is 0 Å². The quantitative estimate of drug-likeness (QED) is 0.182. The minimum absolute atomic E-state index is 0.0872. The second-order valence-electron chi connectivity index (χ2n) is 15.4. The average molecular weight is 684 g/mol. The first kappa shape index (κ1) is 33.0. The molecule has 0 aliphatic heterocycles. The topological polar surface area (TPSA) is 0 Å². The summed E-state index contributed by atoms with van der Waals surface area (Å²) in [5, 5.41) is 0. The van der Waals surface area contributed by atoms with Gasteiger partial charge in [0.2, 0.25) is 0 Å². The molecule has 0 saturated carbocycles. The molecule has 6 rings (SSSR count). The molecule has 2 aliphatic rings. The monoisotopic (exact) mass is 682 g/mol. The Morgan fingerprint density at radius 2 is 1.09 bits per heavy atom. The normalized spacial score (nSPS) is 16.4. The molecule has 0 heterocycles. The van der Waals surface area contributed by atoms with Crippen LogP contribution in [0.1, 0.15) is 119 Å². The van der Waals surface area contributed by atoms with Crippen LogP contribution in [0.3, 0.4) is 0 Å². The SMILES string of the molecule is CCC1=CC(CC)[C]([Zr](=[C](c2ccccc2)c2ccccc2)[CH]2c3cc(C(C)(C)C)ccc3-c3ccc(C(C)(C)C)cc32)=C1CC. The van der Waals surface area contributed by atoms with Crippen LogP contribution in [0.25, 0.3) is 11.1 Å². The van der Waals surface area contributed by atoms with Crippen LogP contribution in [-0.4, -0.2) is 3.21 Å². The van der Waals surface area contributed by atoms with Gasteiger partial charge in [-0.2, -0.15) is 0 Å². The van der Waals surface area contributed by atoms with Gasteiger partial charge in [-0.3, -0.25) is 0 Å². The van der Waals surface area contributed by atoms with E-state index in [4.69, 9.17) is 0 Å². The van der Waals surface area contributed by atoms with E-state index in [-0.39, 0.29) is 10.8 Å². The molecule has 46 heavy (non-hydrogen) atoms. The maximum atomic E-state index is 2.68. The summed E-state index contributed by atoms with van der Waals surface area (Å²) in [4.78, 5) is 0. The van der Waals surface area contributed by atoms with Crippen molar-refractivity contribution in [3.8, 4) is 11.1 Å². The molecule has 236 valence electrons. The van der Waals surface area contributed by atoms with E-state index in [9.17, 15) is 0 Å². The fourth-order valence-electron chi connectivity index (χ4n) is 7.88. The molecule has 1 unspecified atom stereocenters. The predicted molar refractivity (Wildman–Crippen MR) is 197 cm³/mol. The average Bonchev–Trinajstić information content (AvgIpc) is 3.58. The van der Waals surface area contributed by atoms with E-state index in [0.29, 0.717) is 9.54 Å². The molecule has 4 aromatic rings. The first-order chi connectivity index (χ1) is 22.0. The summed E-state index contributed by atoms with van der Waals surface area (Å²) in [6, 6.07) is 37.9. The maximum absolute atomic E-state index is 2.90. The molecule has 0 N–H and O–H groups in total. The molecule has 0 saturated heterocycles. The second-order valence-corrected chi connectivity index (χ2v) is 21.4. The van der Waals surface area contributed by atoms with Gasteiger partial charge in [-0.25, -0.2) is 0 Å². The van der Waals surface area contributed by atoms with E-state index in [1.165, 1.54) is 39.8 Å². The van der Waals surface area contributed by atoms with Gasteiger partial charge in [0.05, 0.1) is 0 Å². The zero-order valence-electron chi connectivity index (χ0n) is 29.6. The standard InChI is InChI=1S/C21H25.C13H10.C11H17.Zr/c1-20(2,3)16-7-9-18-14(12-16)11-15-13-17(21(4,5)6)8-10-19(15)18;1-3-7-12(8-4-1)11-13-9-5-2-6-10-13;1-4-9-7-10(5-2)11(6-3)8-9;/h7-13H,1-6H3;1-10H;7,9H,4-6H2,1-3H3;. The van der Waals surface area contributed by atoms with Crippen molar-refractivity contribution in [2.75, 3.05) is 0 Å². The first-order valence-electron chi connectivity index (χ1n) is 17.6. The van der Waals surface area contributed by atoms with Crippen molar-refractivity contribution < 1.29 is 21.3 Å². The molecule has 0 amide bonds. The Kier molecular flexibility index (Phi) is 9.31. The Morgan fingerprint density at radius 1 is 0.609 bits per heavy atom. The van der Waals surface area contributed by atoms with E-state index < -0.39 is 21.3 Å². The van der Waals surface area contributed by atoms with Gasteiger partial charge in [0.1, 0.15) is 0 Å². The summed E-state index contributed by atoms with van der Waals surface area (Å²) in [6.07, 6.45) is 6.07. The predicted octanol–water partition coefficient (Wildman–Crippen LogP) is 12.3. The van der Waals surface area contributed by atoms with E-state index >= 15 is 0 Å². The van der Waals surface area contributed by atoms with Crippen molar-refractivity contribution >= 4 is 3.21 Å². The van der Waals surface area contributed by atoms with Crippen LogP contribution in [0, 0.1) is 5.92 Å². The molecule has 0 bridgehead atoms. The van der Waals surface area contributed by atoms with Gasteiger partial charge >= 0.3 is 288 Å². The number of hydrogen-bond acceptors (Lipinski definition) is 0. The molecule has 4 aromatic carbocycles. The summed E-state index contributed by atoms with van der Waals surface area (Å²) in [6.45, 7) is 21.4. The summed E-state index contributed by atoms with van der Waals surface area (Å²) in [5.74, 6) is 0.519. The van der Waals surface area contributed by atoms with Crippen molar-refractivity contribution in [1.29, 1.82) is 0 Å². The fourth-order valence-corrected chi connectivity index (χ4v) is 18.4. The second kappa shape index (κ2) is 13.0. The number of rotatable bonds is 7. The summed E-state index contributed by atoms with van der Waals surface area (Å²) in [7, 11) is 0. The van der Waals surface area contributed by atoms with E-state index in [2.05, 4.69) is 165 Å². The number of fused-ring (bicyclic) bond motifs is 3. The Hall–Kier alpha value is -2.89. The third-order valence-corrected chi connectivity index (χ3v) is 19.2. The first-order valence-corrected chi connectivity index (χ1v) is 21.4. The Balaban J connectivity index is 1.82. The molecule has 0 radical (unpaired) electrons. The van der Waals surface area contributed by atoms with Crippen LogP contribution in [0.2, 0.25) is 0 Å². The van der Waals surface area contributed by atoms with Crippen molar-refractivity contribution in [2.24, 2.45) is 5.92 Å². The zero-order chi connectivity index (χ0) is 32.8. The van der Waals surface area contributed by atoms with E-state index in [1.807, 2.05) is 3.28 Å². The van der Waals surface area contributed by atoms with Crippen molar-refractivity contribution in [1.82, 2.24) is 0 Å². The van der Waals surface area contributed by atoms with E-state index in [1.54, 1.807) is 25.5 Å². The molecule has 1 atom stereocenters. The van der Waals surface area contributed by atoms with Crippen LogP contribution >= 0.6 is 0 Å². The molecule has 0 spiro atoms. The van der Waals surface area contributed by atoms with Crippen LogP contribution in [-0.2, 0) is 32.1 Å². The van der Waals surface area contributed by atoms with Crippen LogP contribution < -0.4 is 0 Å². The zero-order valence-corrected chi connectivity index (χ0v) is 32.0. The Labute approximate surface area is 286 Å². The molecule has 0 fully saturated rings. The van der Waals surface area contributed by atoms with Gasteiger partial charge in [-0.15, -0.1) is 0 Å². The molecular formula is C45H52Zr. The Bertz CT molecular complexity index is 1730. The van der Waals surface area contributed by atoms with Gasteiger partial charge in [0.25, 0.3) is 0 Å². The summed E-state index contributed by atoms with van der Waals surface area (Å²) < 4.78 is 3.90. The number of benzene rings is 4. The molecular weight excluding hydrogens is 632 g/mol. The van der Waals surface area contributed by atoms with E-state index in [0.717, 1.165) is 12.8 Å². The minimum atomic E-state index is -2.90. The van der Waals surface area contributed by atoms with Gasteiger partial charge in [-0.1, -0.05) is 0 Å². The summed E-state index contributed by atoms with van der Waals surface area (Å²) >= 11 is -2.90. The van der Waals surface area contributed by atoms with Crippen LogP contribution in [0.15, 0.2) is 118 Å². The number of allylic oxidation sites excluding steroid dienone is 4. The van der Waals surface area contributed by atoms with Gasteiger partial charge < -0.3 is 0 Å². The van der Waals surface area contributed by atoms with Crippen molar-refractivity contribution in [2.45, 2.75) is 96.0 Å². The van der Waals surface area contributed by atoms with Gasteiger partial charge in [0, 0.05) is 0 Å². The summed E-state index contributed by atoms with van der Waals surface area (Å²) in [5.41, 5.74) is 15.3. The van der Waals surface area contributed by atoms with Crippen LogP contribution in [0.4, 0.5) is 0 Å². The van der Waals surface area contributed by atoms with Gasteiger partial charge in [-0.05, 0) is 0 Å². The van der Waals surface area contributed by atoms with Crippen molar-refractivity contribution in [3.63, 3.8) is 0 Å². The van der Waals surface area contributed by atoms with Crippen molar-refractivity contribution in [3.05, 3.63) is 151 Å². The molecule has 2 aliphatic carbocycles. The van der Waals surface area contributed by atoms with Gasteiger partial charge in [0.15, 0.2) is 0 Å². The Morgan fingerprint density at radius 3 is 1.48 bits per heavy atom.